The number of aryl methyl sites for hydroxylation is 1. The lowest BCUT2D eigenvalue weighted by Crippen LogP contribution is -2.38. The van der Waals surface area contributed by atoms with Gasteiger partial charge in [-0.15, -0.1) is 0 Å². The summed E-state index contributed by atoms with van der Waals surface area (Å²) >= 11 is 3.40. The van der Waals surface area contributed by atoms with Gasteiger partial charge in [0, 0.05) is 11.5 Å². The number of benzene rings is 2. The normalized spacial score (nSPS) is 11.1. The van der Waals surface area contributed by atoms with Gasteiger partial charge in [0.2, 0.25) is 0 Å². The zero-order valence-electron chi connectivity index (χ0n) is 11.9. The molecule has 3 aromatic rings. The molecule has 4 nitrogen and oxygen atoms in total. The van der Waals surface area contributed by atoms with Crippen LogP contribution in [0, 0.1) is 12.7 Å². The quantitative estimate of drug-likeness (QED) is 0.667. The Morgan fingerprint density at radius 2 is 1.86 bits per heavy atom. The summed E-state index contributed by atoms with van der Waals surface area (Å²) < 4.78 is 16.6. The van der Waals surface area contributed by atoms with Gasteiger partial charge in [-0.05, 0) is 42.8 Å². The lowest BCUT2D eigenvalue weighted by atomic mass is 10.2. The highest BCUT2D eigenvalue weighted by Crippen LogP contribution is 2.21. The Bertz CT molecular complexity index is 1020. The van der Waals surface area contributed by atoms with Crippen LogP contribution in [0.25, 0.3) is 16.6 Å². The van der Waals surface area contributed by atoms with E-state index in [-0.39, 0.29) is 5.52 Å². The molecule has 2 aromatic carbocycles. The average molecular weight is 363 g/mol. The molecule has 0 aliphatic rings. The highest BCUT2D eigenvalue weighted by Gasteiger charge is 2.15. The first kappa shape index (κ1) is 14.7. The summed E-state index contributed by atoms with van der Waals surface area (Å²) in [4.78, 5) is 25.3. The summed E-state index contributed by atoms with van der Waals surface area (Å²) in [6.07, 6.45) is 0. The van der Waals surface area contributed by atoms with Crippen molar-refractivity contribution in [2.75, 3.05) is 0 Å². The van der Waals surface area contributed by atoms with E-state index < -0.39 is 17.1 Å². The van der Waals surface area contributed by atoms with Gasteiger partial charge >= 0.3 is 5.69 Å². The fraction of sp³-hybridized carbons (Fsp3) is 0.125. The Morgan fingerprint density at radius 1 is 1.14 bits per heavy atom. The minimum Gasteiger partial charge on any atom is -0.296 e. The molecule has 6 heteroatoms. The number of rotatable bonds is 1. The van der Waals surface area contributed by atoms with E-state index >= 15 is 0 Å². The third-order valence-electron chi connectivity index (χ3n) is 3.71. The Kier molecular flexibility index (Phi) is 3.48. The van der Waals surface area contributed by atoms with Gasteiger partial charge in [0.15, 0.2) is 0 Å². The molecule has 3 rings (SSSR count). The maximum absolute atomic E-state index is 13.4. The van der Waals surface area contributed by atoms with Crippen LogP contribution in [-0.2, 0) is 7.05 Å². The molecule has 1 aromatic heterocycles. The van der Waals surface area contributed by atoms with E-state index in [1.54, 1.807) is 12.1 Å². The second kappa shape index (κ2) is 5.21. The minimum atomic E-state index is -0.510. The fourth-order valence-electron chi connectivity index (χ4n) is 2.47. The van der Waals surface area contributed by atoms with Gasteiger partial charge in [-0.25, -0.2) is 13.8 Å². The number of aromatic nitrogens is 2. The molecule has 0 saturated heterocycles. The van der Waals surface area contributed by atoms with E-state index in [0.717, 1.165) is 14.6 Å². The second-order valence-electron chi connectivity index (χ2n) is 5.03. The first-order valence-electron chi connectivity index (χ1n) is 6.58. The van der Waals surface area contributed by atoms with Crippen LogP contribution in [0.1, 0.15) is 5.56 Å². The Hall–Kier alpha value is -2.21. The third-order valence-corrected chi connectivity index (χ3v) is 4.57. The maximum atomic E-state index is 13.4. The van der Waals surface area contributed by atoms with Gasteiger partial charge in [0.25, 0.3) is 5.56 Å². The lowest BCUT2D eigenvalue weighted by Gasteiger charge is -2.13. The molecular weight excluding hydrogens is 351 g/mol. The predicted octanol–water partition coefficient (Wildman–Crippen LogP) is 2.90. The van der Waals surface area contributed by atoms with Gasteiger partial charge in [-0.2, -0.15) is 0 Å². The number of hydrogen-bond donors (Lipinski definition) is 0. The van der Waals surface area contributed by atoms with E-state index in [1.807, 2.05) is 13.0 Å². The van der Waals surface area contributed by atoms with E-state index in [9.17, 15) is 14.0 Å². The molecule has 0 aliphatic heterocycles. The van der Waals surface area contributed by atoms with Crippen molar-refractivity contribution >= 4 is 26.8 Å². The molecule has 112 valence electrons. The Balaban J connectivity index is 2.51. The van der Waals surface area contributed by atoms with Crippen LogP contribution >= 0.6 is 15.9 Å². The Labute approximate surface area is 133 Å². The van der Waals surface area contributed by atoms with E-state index in [2.05, 4.69) is 15.9 Å². The minimum absolute atomic E-state index is 0.277. The molecule has 0 atom stereocenters. The molecule has 0 aliphatic carbocycles. The van der Waals surface area contributed by atoms with Crippen molar-refractivity contribution in [3.8, 4) is 5.69 Å². The standard InChI is InChI=1S/C16H12BrFN2O2/c1-9-12(17)4-3-5-13(9)20-15(21)11-7-6-10(18)8-14(11)19(2)16(20)22/h3-8H,1-2H3. The van der Waals surface area contributed by atoms with Crippen molar-refractivity contribution in [3.05, 3.63) is 73.1 Å². The molecule has 0 bridgehead atoms. The first-order chi connectivity index (χ1) is 10.4. The molecule has 0 radical (unpaired) electrons. The van der Waals surface area contributed by atoms with Crippen LogP contribution in [0.4, 0.5) is 4.39 Å². The van der Waals surface area contributed by atoms with Crippen molar-refractivity contribution in [1.29, 1.82) is 0 Å². The largest absolute Gasteiger partial charge is 0.335 e. The van der Waals surface area contributed by atoms with Crippen molar-refractivity contribution in [1.82, 2.24) is 9.13 Å². The molecule has 0 amide bonds. The van der Waals surface area contributed by atoms with Gasteiger partial charge < -0.3 is 0 Å². The SMILES string of the molecule is Cc1c(Br)cccc1-n1c(=O)c2ccc(F)cc2n(C)c1=O. The number of halogens is 2. The molecule has 0 fully saturated rings. The monoisotopic (exact) mass is 362 g/mol. The molecule has 22 heavy (non-hydrogen) atoms. The van der Waals surface area contributed by atoms with Crippen LogP contribution in [0.2, 0.25) is 0 Å². The molecule has 0 unspecified atom stereocenters. The van der Waals surface area contributed by atoms with Gasteiger partial charge in [0.1, 0.15) is 5.82 Å². The van der Waals surface area contributed by atoms with Gasteiger partial charge in [-0.1, -0.05) is 22.0 Å². The smallest absolute Gasteiger partial charge is 0.296 e. The number of hydrogen-bond acceptors (Lipinski definition) is 2. The maximum Gasteiger partial charge on any atom is 0.335 e. The highest BCUT2D eigenvalue weighted by atomic mass is 79.9. The second-order valence-corrected chi connectivity index (χ2v) is 5.88. The van der Waals surface area contributed by atoms with E-state index in [0.29, 0.717) is 11.1 Å². The third kappa shape index (κ3) is 2.11. The van der Waals surface area contributed by atoms with Crippen LogP contribution in [0.15, 0.2) is 50.5 Å². The van der Waals surface area contributed by atoms with E-state index in [1.165, 1.54) is 29.8 Å². The summed E-state index contributed by atoms with van der Waals surface area (Å²) in [5.74, 6) is -0.488. The highest BCUT2D eigenvalue weighted by molar-refractivity contribution is 9.10. The van der Waals surface area contributed by atoms with Crippen LogP contribution in [0.3, 0.4) is 0 Å². The van der Waals surface area contributed by atoms with Crippen molar-refractivity contribution in [2.24, 2.45) is 7.05 Å². The fourth-order valence-corrected chi connectivity index (χ4v) is 2.83. The topological polar surface area (TPSA) is 44.0 Å². The zero-order chi connectivity index (χ0) is 16.0. The van der Waals surface area contributed by atoms with Crippen molar-refractivity contribution < 1.29 is 4.39 Å². The lowest BCUT2D eigenvalue weighted by molar-refractivity contribution is 0.627. The average Bonchev–Trinajstić information content (AvgIpc) is 2.49. The predicted molar refractivity (Wildman–Crippen MR) is 87.2 cm³/mol. The molecule has 1 heterocycles. The van der Waals surface area contributed by atoms with Crippen LogP contribution in [0.5, 0.6) is 0 Å². The molecule has 0 saturated carbocycles. The summed E-state index contributed by atoms with van der Waals surface area (Å²) in [5.41, 5.74) is 0.594. The zero-order valence-corrected chi connectivity index (χ0v) is 13.5. The summed E-state index contributed by atoms with van der Waals surface area (Å²) in [7, 11) is 1.52. The molecular formula is C16H12BrFN2O2. The van der Waals surface area contributed by atoms with E-state index in [4.69, 9.17) is 0 Å². The number of nitrogens with zero attached hydrogens (tertiary/aromatic N) is 2. The summed E-state index contributed by atoms with van der Waals surface area (Å²) in [6, 6.07) is 9.11. The first-order valence-corrected chi connectivity index (χ1v) is 7.38. The summed E-state index contributed by atoms with van der Waals surface area (Å²) in [6.45, 7) is 1.82. The Morgan fingerprint density at radius 3 is 2.59 bits per heavy atom. The van der Waals surface area contributed by atoms with Crippen LogP contribution in [-0.4, -0.2) is 9.13 Å². The molecule has 0 N–H and O–H groups in total. The van der Waals surface area contributed by atoms with Gasteiger partial charge in [0.05, 0.1) is 16.6 Å². The van der Waals surface area contributed by atoms with Crippen molar-refractivity contribution in [3.63, 3.8) is 0 Å². The number of fused-ring (bicyclic) bond motifs is 1. The van der Waals surface area contributed by atoms with Gasteiger partial charge in [-0.3, -0.25) is 9.36 Å². The van der Waals surface area contributed by atoms with Crippen molar-refractivity contribution in [2.45, 2.75) is 6.92 Å². The summed E-state index contributed by atoms with van der Waals surface area (Å²) in [5, 5.41) is 0.294. The van der Waals surface area contributed by atoms with Crippen LogP contribution < -0.4 is 11.2 Å². The molecule has 0 spiro atoms.